The third-order valence-electron chi connectivity index (χ3n) is 4.82. The first kappa shape index (κ1) is 19.3. The molecule has 2 aromatic rings. The van der Waals surface area contributed by atoms with Gasteiger partial charge in [0.05, 0.1) is 10.2 Å². The Morgan fingerprint density at radius 2 is 1.92 bits per heavy atom. The Kier molecular flexibility index (Phi) is 5.69. The van der Waals surface area contributed by atoms with Crippen molar-refractivity contribution in [2.45, 2.75) is 37.1 Å². The number of hydrogen-bond acceptors (Lipinski definition) is 3. The number of rotatable bonds is 4. The van der Waals surface area contributed by atoms with Gasteiger partial charge in [0.1, 0.15) is 10.7 Å². The SMILES string of the molecule is CCCCC1CN(c2ccccc2)c2cc(F)c(Br)cc2S(=O)(=O)N1C. The number of likely N-dealkylation sites (N-methyl/N-ethyl adjacent to an activating group) is 1. The van der Waals surface area contributed by atoms with Gasteiger partial charge in [0.15, 0.2) is 0 Å². The Bertz CT molecular complexity index is 890. The van der Waals surface area contributed by atoms with Crippen LogP contribution in [0.3, 0.4) is 0 Å². The molecule has 7 heteroatoms. The van der Waals surface area contributed by atoms with E-state index in [2.05, 4.69) is 22.9 Å². The Morgan fingerprint density at radius 1 is 1.23 bits per heavy atom. The summed E-state index contributed by atoms with van der Waals surface area (Å²) in [7, 11) is -2.11. The summed E-state index contributed by atoms with van der Waals surface area (Å²) in [5.74, 6) is -0.477. The van der Waals surface area contributed by atoms with Crippen LogP contribution in [0.15, 0.2) is 51.8 Å². The third kappa shape index (κ3) is 3.52. The highest BCUT2D eigenvalue weighted by molar-refractivity contribution is 9.10. The summed E-state index contributed by atoms with van der Waals surface area (Å²) in [6.45, 7) is 2.56. The summed E-state index contributed by atoms with van der Waals surface area (Å²) in [6, 6.07) is 12.0. The quantitative estimate of drug-likeness (QED) is 0.677. The number of benzene rings is 2. The van der Waals surface area contributed by atoms with Crippen LogP contribution in [0.2, 0.25) is 0 Å². The zero-order valence-electron chi connectivity index (χ0n) is 14.8. The van der Waals surface area contributed by atoms with Crippen molar-refractivity contribution in [2.75, 3.05) is 18.5 Å². The summed E-state index contributed by atoms with van der Waals surface area (Å²) in [6.07, 6.45) is 2.68. The number of nitrogens with zero attached hydrogens (tertiary/aromatic N) is 2. The average molecular weight is 441 g/mol. The zero-order valence-corrected chi connectivity index (χ0v) is 17.2. The van der Waals surface area contributed by atoms with E-state index in [4.69, 9.17) is 0 Å². The molecule has 140 valence electrons. The molecule has 0 aromatic heterocycles. The van der Waals surface area contributed by atoms with Crippen LogP contribution in [0.25, 0.3) is 0 Å². The van der Waals surface area contributed by atoms with Crippen LogP contribution < -0.4 is 4.90 Å². The Labute approximate surface area is 162 Å². The predicted molar refractivity (Wildman–Crippen MR) is 106 cm³/mol. The maximum absolute atomic E-state index is 14.3. The first-order chi connectivity index (χ1) is 12.4. The molecule has 26 heavy (non-hydrogen) atoms. The van der Waals surface area contributed by atoms with E-state index < -0.39 is 15.8 Å². The minimum absolute atomic E-state index is 0.121. The Morgan fingerprint density at radius 3 is 2.58 bits per heavy atom. The average Bonchev–Trinajstić information content (AvgIpc) is 2.70. The molecule has 1 aliphatic heterocycles. The van der Waals surface area contributed by atoms with E-state index in [1.165, 1.54) is 16.4 Å². The maximum atomic E-state index is 14.3. The lowest BCUT2D eigenvalue weighted by molar-refractivity contribution is 0.351. The first-order valence-corrected chi connectivity index (χ1v) is 10.9. The number of anilines is 2. The van der Waals surface area contributed by atoms with E-state index in [-0.39, 0.29) is 15.4 Å². The molecule has 0 radical (unpaired) electrons. The van der Waals surface area contributed by atoms with Gasteiger partial charge in [0.2, 0.25) is 10.0 Å². The number of sulfonamides is 1. The maximum Gasteiger partial charge on any atom is 0.245 e. The molecule has 0 N–H and O–H groups in total. The molecular formula is C19H22BrFN2O2S. The lowest BCUT2D eigenvalue weighted by Crippen LogP contribution is -2.40. The largest absolute Gasteiger partial charge is 0.339 e. The third-order valence-corrected chi connectivity index (χ3v) is 7.36. The summed E-state index contributed by atoms with van der Waals surface area (Å²) >= 11 is 3.13. The molecule has 4 nitrogen and oxygen atoms in total. The molecule has 1 unspecified atom stereocenters. The molecule has 0 amide bonds. The van der Waals surface area contributed by atoms with Crippen molar-refractivity contribution in [2.24, 2.45) is 0 Å². The number of fused-ring (bicyclic) bond motifs is 1. The topological polar surface area (TPSA) is 40.6 Å². The van der Waals surface area contributed by atoms with Crippen LogP contribution in [0.5, 0.6) is 0 Å². The van der Waals surface area contributed by atoms with E-state index in [9.17, 15) is 12.8 Å². The van der Waals surface area contributed by atoms with Gasteiger partial charge >= 0.3 is 0 Å². The van der Waals surface area contributed by atoms with Gasteiger partial charge in [0.25, 0.3) is 0 Å². The second-order valence-electron chi connectivity index (χ2n) is 6.50. The van der Waals surface area contributed by atoms with Gasteiger partial charge in [0, 0.05) is 31.4 Å². The van der Waals surface area contributed by atoms with Crippen LogP contribution in [0.1, 0.15) is 26.2 Å². The lowest BCUT2D eigenvalue weighted by Gasteiger charge is -2.29. The van der Waals surface area contributed by atoms with Gasteiger partial charge in [-0.25, -0.2) is 12.8 Å². The molecule has 0 fully saturated rings. The monoisotopic (exact) mass is 440 g/mol. The second-order valence-corrected chi connectivity index (χ2v) is 9.32. The fourth-order valence-corrected chi connectivity index (χ4v) is 5.35. The highest BCUT2D eigenvalue weighted by atomic mass is 79.9. The molecule has 0 saturated carbocycles. The van der Waals surface area contributed by atoms with Crippen molar-refractivity contribution < 1.29 is 12.8 Å². The first-order valence-electron chi connectivity index (χ1n) is 8.66. The van der Waals surface area contributed by atoms with Gasteiger partial charge < -0.3 is 4.90 Å². The summed E-state index contributed by atoms with van der Waals surface area (Å²) in [4.78, 5) is 2.03. The van der Waals surface area contributed by atoms with Crippen molar-refractivity contribution in [1.82, 2.24) is 4.31 Å². The van der Waals surface area contributed by atoms with E-state index in [1.807, 2.05) is 35.2 Å². The molecule has 0 spiro atoms. The molecule has 1 aliphatic rings. The highest BCUT2D eigenvalue weighted by Gasteiger charge is 2.37. The summed E-state index contributed by atoms with van der Waals surface area (Å²) in [5.41, 5.74) is 1.23. The molecule has 1 atom stereocenters. The predicted octanol–water partition coefficient (Wildman–Crippen LogP) is 4.92. The van der Waals surface area contributed by atoms with Crippen molar-refractivity contribution in [1.29, 1.82) is 0 Å². The minimum Gasteiger partial charge on any atom is -0.339 e. The van der Waals surface area contributed by atoms with Crippen LogP contribution >= 0.6 is 15.9 Å². The van der Waals surface area contributed by atoms with Crippen molar-refractivity contribution in [3.8, 4) is 0 Å². The van der Waals surface area contributed by atoms with E-state index >= 15 is 0 Å². The van der Waals surface area contributed by atoms with Crippen molar-refractivity contribution in [3.05, 3.63) is 52.8 Å². The minimum atomic E-state index is -3.72. The zero-order chi connectivity index (χ0) is 18.9. The standard InChI is InChI=1S/C19H22BrFN2O2S/c1-3-4-8-15-13-23(14-9-6-5-7-10-14)18-12-17(21)16(20)11-19(18)26(24,25)22(15)2/h5-7,9-12,15H,3-4,8,13H2,1-2H3. The summed E-state index contributed by atoms with van der Waals surface area (Å²) in [5, 5.41) is 0. The van der Waals surface area contributed by atoms with Gasteiger partial charge in [-0.05, 0) is 40.5 Å². The normalized spacial score (nSPS) is 19.8. The molecule has 0 aliphatic carbocycles. The van der Waals surface area contributed by atoms with Crippen LogP contribution in [-0.2, 0) is 10.0 Å². The van der Waals surface area contributed by atoms with E-state index in [1.54, 1.807) is 7.05 Å². The van der Waals surface area contributed by atoms with Gasteiger partial charge in [-0.1, -0.05) is 38.0 Å². The van der Waals surface area contributed by atoms with Gasteiger partial charge in [-0.3, -0.25) is 0 Å². The fourth-order valence-electron chi connectivity index (χ4n) is 3.28. The molecule has 0 saturated heterocycles. The van der Waals surface area contributed by atoms with Crippen LogP contribution in [0, 0.1) is 5.82 Å². The molecule has 0 bridgehead atoms. The Balaban J connectivity index is 2.21. The van der Waals surface area contributed by atoms with Gasteiger partial charge in [-0.15, -0.1) is 0 Å². The molecule has 2 aromatic carbocycles. The van der Waals surface area contributed by atoms with E-state index in [0.717, 1.165) is 24.9 Å². The summed E-state index contributed by atoms with van der Waals surface area (Å²) < 4.78 is 42.3. The lowest BCUT2D eigenvalue weighted by atomic mass is 10.1. The van der Waals surface area contributed by atoms with Crippen molar-refractivity contribution >= 4 is 37.3 Å². The second kappa shape index (κ2) is 7.66. The molecule has 3 rings (SSSR count). The van der Waals surface area contributed by atoms with Gasteiger partial charge in [-0.2, -0.15) is 4.31 Å². The van der Waals surface area contributed by atoms with Crippen LogP contribution in [0.4, 0.5) is 15.8 Å². The number of para-hydroxylation sites is 1. The fraction of sp³-hybridized carbons (Fsp3) is 0.368. The Hall–Kier alpha value is -1.44. The molecular weight excluding hydrogens is 419 g/mol. The highest BCUT2D eigenvalue weighted by Crippen LogP contribution is 2.39. The smallest absolute Gasteiger partial charge is 0.245 e. The van der Waals surface area contributed by atoms with E-state index in [0.29, 0.717) is 12.2 Å². The number of halogens is 2. The molecule has 1 heterocycles. The van der Waals surface area contributed by atoms with Crippen LogP contribution in [-0.4, -0.2) is 32.4 Å². The number of unbranched alkanes of at least 4 members (excludes halogenated alkanes) is 1. The number of hydrogen-bond donors (Lipinski definition) is 0. The van der Waals surface area contributed by atoms with Crippen molar-refractivity contribution in [3.63, 3.8) is 0 Å².